The highest BCUT2D eigenvalue weighted by molar-refractivity contribution is 5.80. The molecule has 166 valence electrons. The first-order valence-electron chi connectivity index (χ1n) is 9.63. The third-order valence-corrected chi connectivity index (χ3v) is 4.63. The summed E-state index contributed by atoms with van der Waals surface area (Å²) >= 11 is 0. The van der Waals surface area contributed by atoms with Gasteiger partial charge in [0.2, 0.25) is 12.5 Å². The lowest BCUT2D eigenvalue weighted by atomic mass is 10.1. The van der Waals surface area contributed by atoms with Crippen LogP contribution in [0.1, 0.15) is 17.5 Å². The lowest BCUT2D eigenvalue weighted by Gasteiger charge is -2.14. The van der Waals surface area contributed by atoms with Crippen LogP contribution in [-0.2, 0) is 27.3 Å². The summed E-state index contributed by atoms with van der Waals surface area (Å²) in [6.07, 6.45) is 0.502. The summed E-state index contributed by atoms with van der Waals surface area (Å²) in [6.45, 7) is 0.133. The zero-order valence-electron chi connectivity index (χ0n) is 17.7. The second-order valence-corrected chi connectivity index (χ2v) is 6.66. The first kappa shape index (κ1) is 22.1. The Morgan fingerprint density at radius 3 is 2.32 bits per heavy atom. The molecule has 1 aliphatic rings. The quantitative estimate of drug-likeness (QED) is 0.572. The number of esters is 1. The summed E-state index contributed by atoms with van der Waals surface area (Å²) in [5.74, 6) is 1.95. The number of hydrogen-bond donors (Lipinski definition) is 1. The predicted octanol–water partition coefficient (Wildman–Crippen LogP) is 2.23. The van der Waals surface area contributed by atoms with Crippen molar-refractivity contribution < 1.29 is 38.0 Å². The van der Waals surface area contributed by atoms with E-state index in [1.54, 1.807) is 24.3 Å². The number of ether oxygens (including phenoxy) is 6. The molecule has 0 saturated heterocycles. The van der Waals surface area contributed by atoms with E-state index >= 15 is 0 Å². The van der Waals surface area contributed by atoms with Crippen LogP contribution in [0.4, 0.5) is 0 Å². The van der Waals surface area contributed by atoms with Gasteiger partial charge in [0.1, 0.15) is 0 Å². The Balaban J connectivity index is 1.43. The summed E-state index contributed by atoms with van der Waals surface area (Å²) in [5.41, 5.74) is 1.67. The number of aryl methyl sites for hydroxylation is 1. The summed E-state index contributed by atoms with van der Waals surface area (Å²) in [5, 5.41) is 2.70. The zero-order chi connectivity index (χ0) is 22.2. The molecule has 0 radical (unpaired) electrons. The molecule has 0 fully saturated rings. The van der Waals surface area contributed by atoms with Crippen LogP contribution < -0.4 is 29.0 Å². The molecule has 2 aromatic carbocycles. The second kappa shape index (κ2) is 10.4. The van der Waals surface area contributed by atoms with Gasteiger partial charge >= 0.3 is 5.97 Å². The summed E-state index contributed by atoms with van der Waals surface area (Å²) in [6, 6.07) is 8.95. The van der Waals surface area contributed by atoms with E-state index in [0.29, 0.717) is 41.7 Å². The molecule has 3 rings (SSSR count). The molecule has 0 atom stereocenters. The highest BCUT2D eigenvalue weighted by atomic mass is 16.7. The smallest absolute Gasteiger partial charge is 0.306 e. The number of carbonyl (C=O) groups excluding carboxylic acids is 2. The number of amides is 1. The van der Waals surface area contributed by atoms with Gasteiger partial charge in [-0.1, -0.05) is 6.07 Å². The Kier molecular flexibility index (Phi) is 7.42. The molecule has 2 aromatic rings. The predicted molar refractivity (Wildman–Crippen MR) is 110 cm³/mol. The minimum absolute atomic E-state index is 0.105. The standard InChI is InChI=1S/C22H25NO8/c1-26-18-8-14(9-19(27-2)22(18)28-3)5-7-21(25)29-12-20(24)23-11-15-4-6-16-17(10-15)31-13-30-16/h4,6,8-10H,5,7,11-13H2,1-3H3,(H,23,24). The van der Waals surface area contributed by atoms with E-state index in [4.69, 9.17) is 28.4 Å². The minimum Gasteiger partial charge on any atom is -0.493 e. The summed E-state index contributed by atoms with van der Waals surface area (Å²) < 4.78 is 31.5. The van der Waals surface area contributed by atoms with Crippen molar-refractivity contribution in [3.8, 4) is 28.7 Å². The van der Waals surface area contributed by atoms with Crippen LogP contribution in [0, 0.1) is 0 Å². The van der Waals surface area contributed by atoms with Crippen LogP contribution in [0.5, 0.6) is 28.7 Å². The molecule has 0 unspecified atom stereocenters. The van der Waals surface area contributed by atoms with Crippen molar-refractivity contribution in [1.29, 1.82) is 0 Å². The number of carbonyl (C=O) groups is 2. The van der Waals surface area contributed by atoms with E-state index in [1.807, 2.05) is 6.07 Å². The van der Waals surface area contributed by atoms with Gasteiger partial charge in [0.25, 0.3) is 5.91 Å². The van der Waals surface area contributed by atoms with E-state index in [2.05, 4.69) is 5.32 Å². The van der Waals surface area contributed by atoms with Gasteiger partial charge in [-0.25, -0.2) is 0 Å². The molecule has 1 aliphatic heterocycles. The summed E-state index contributed by atoms with van der Waals surface area (Å²) in [7, 11) is 4.57. The third-order valence-electron chi connectivity index (χ3n) is 4.63. The van der Waals surface area contributed by atoms with E-state index < -0.39 is 5.97 Å². The van der Waals surface area contributed by atoms with Crippen molar-refractivity contribution in [3.05, 3.63) is 41.5 Å². The van der Waals surface area contributed by atoms with E-state index in [-0.39, 0.29) is 25.7 Å². The molecular formula is C22H25NO8. The second-order valence-electron chi connectivity index (χ2n) is 6.66. The number of benzene rings is 2. The molecule has 31 heavy (non-hydrogen) atoms. The maximum Gasteiger partial charge on any atom is 0.306 e. The Hall–Kier alpha value is -3.62. The highest BCUT2D eigenvalue weighted by Gasteiger charge is 2.16. The normalized spacial score (nSPS) is 11.6. The van der Waals surface area contributed by atoms with Gasteiger partial charge in [-0.15, -0.1) is 0 Å². The highest BCUT2D eigenvalue weighted by Crippen LogP contribution is 2.38. The van der Waals surface area contributed by atoms with Gasteiger partial charge in [0.15, 0.2) is 29.6 Å². The van der Waals surface area contributed by atoms with Crippen molar-refractivity contribution in [2.45, 2.75) is 19.4 Å². The topological polar surface area (TPSA) is 102 Å². The molecule has 0 spiro atoms. The lowest BCUT2D eigenvalue weighted by Crippen LogP contribution is -2.28. The lowest BCUT2D eigenvalue weighted by molar-refractivity contribution is -0.148. The molecule has 0 aliphatic carbocycles. The Bertz CT molecular complexity index is 918. The average Bonchev–Trinajstić information content (AvgIpc) is 3.27. The maximum atomic E-state index is 12.0. The molecule has 1 N–H and O–H groups in total. The van der Waals surface area contributed by atoms with Crippen LogP contribution in [0.15, 0.2) is 30.3 Å². The van der Waals surface area contributed by atoms with Crippen molar-refractivity contribution in [2.75, 3.05) is 34.7 Å². The van der Waals surface area contributed by atoms with Crippen molar-refractivity contribution in [1.82, 2.24) is 5.32 Å². The van der Waals surface area contributed by atoms with Crippen molar-refractivity contribution in [2.24, 2.45) is 0 Å². The zero-order valence-corrected chi connectivity index (χ0v) is 17.7. The largest absolute Gasteiger partial charge is 0.493 e. The average molecular weight is 431 g/mol. The van der Waals surface area contributed by atoms with Gasteiger partial charge in [0, 0.05) is 13.0 Å². The number of hydrogen-bond acceptors (Lipinski definition) is 8. The maximum absolute atomic E-state index is 12.0. The SMILES string of the molecule is COc1cc(CCC(=O)OCC(=O)NCc2ccc3c(c2)OCO3)cc(OC)c1OC. The first-order chi connectivity index (χ1) is 15.0. The molecule has 0 bridgehead atoms. The molecular weight excluding hydrogens is 406 g/mol. The molecule has 1 heterocycles. The third kappa shape index (κ3) is 5.71. The molecule has 9 nitrogen and oxygen atoms in total. The molecule has 0 aromatic heterocycles. The Morgan fingerprint density at radius 1 is 0.935 bits per heavy atom. The van der Waals surface area contributed by atoms with Gasteiger partial charge < -0.3 is 33.7 Å². The van der Waals surface area contributed by atoms with Crippen molar-refractivity contribution in [3.63, 3.8) is 0 Å². The van der Waals surface area contributed by atoms with Crippen LogP contribution in [-0.4, -0.2) is 46.6 Å². The number of fused-ring (bicyclic) bond motifs is 1. The van der Waals surface area contributed by atoms with Gasteiger partial charge in [-0.05, 0) is 41.8 Å². The minimum atomic E-state index is -0.480. The van der Waals surface area contributed by atoms with Crippen LogP contribution in [0.3, 0.4) is 0 Å². The van der Waals surface area contributed by atoms with Gasteiger partial charge in [-0.3, -0.25) is 9.59 Å². The van der Waals surface area contributed by atoms with E-state index in [1.165, 1.54) is 21.3 Å². The Morgan fingerprint density at radius 2 is 1.65 bits per heavy atom. The van der Waals surface area contributed by atoms with E-state index in [0.717, 1.165) is 11.1 Å². The van der Waals surface area contributed by atoms with E-state index in [9.17, 15) is 9.59 Å². The molecule has 0 saturated carbocycles. The summed E-state index contributed by atoms with van der Waals surface area (Å²) in [4.78, 5) is 24.0. The monoisotopic (exact) mass is 431 g/mol. The number of methoxy groups -OCH3 is 3. The molecule has 1 amide bonds. The fourth-order valence-corrected chi connectivity index (χ4v) is 3.05. The van der Waals surface area contributed by atoms with Crippen molar-refractivity contribution >= 4 is 11.9 Å². The fourth-order valence-electron chi connectivity index (χ4n) is 3.05. The van der Waals surface area contributed by atoms with Gasteiger partial charge in [-0.2, -0.15) is 0 Å². The fraction of sp³-hybridized carbons (Fsp3) is 0.364. The van der Waals surface area contributed by atoms with Crippen LogP contribution in [0.25, 0.3) is 0 Å². The van der Waals surface area contributed by atoms with Gasteiger partial charge in [0.05, 0.1) is 21.3 Å². The number of nitrogens with one attached hydrogen (secondary N) is 1. The first-order valence-corrected chi connectivity index (χ1v) is 9.63. The number of rotatable bonds is 10. The van der Waals surface area contributed by atoms with Crippen LogP contribution >= 0.6 is 0 Å². The molecule has 9 heteroatoms. The Labute approximate surface area is 180 Å². The van der Waals surface area contributed by atoms with Crippen LogP contribution in [0.2, 0.25) is 0 Å².